The van der Waals surface area contributed by atoms with Crippen LogP contribution in [-0.2, 0) is 4.79 Å². The summed E-state index contributed by atoms with van der Waals surface area (Å²) in [7, 11) is 1.86. The zero-order valence-corrected chi connectivity index (χ0v) is 18.6. The number of aromatic nitrogens is 1. The van der Waals surface area contributed by atoms with Crippen LogP contribution in [0.25, 0.3) is 0 Å². The number of ether oxygens (including phenoxy) is 1. The van der Waals surface area contributed by atoms with Gasteiger partial charge in [-0.15, -0.1) is 0 Å². The summed E-state index contributed by atoms with van der Waals surface area (Å²) in [4.78, 5) is 19.4. The number of halogens is 1. The van der Waals surface area contributed by atoms with Crippen LogP contribution in [0.4, 0.5) is 15.9 Å². The standard InChI is InChI=1S/C24H32FN3O2/c1-16(2)27(5)24-23(25)22(10-12-26-24)28-13-11-21(15-28)30-20-8-6-19(7-9-20)17(3)14-18(4)29/h6-10,12,16-17,21H,11,13-15H2,1-5H3/t17-,21-/m1/s1. The van der Waals surface area contributed by atoms with Gasteiger partial charge in [0.05, 0.1) is 12.2 Å². The monoisotopic (exact) mass is 413 g/mol. The van der Waals surface area contributed by atoms with E-state index in [0.717, 1.165) is 24.3 Å². The van der Waals surface area contributed by atoms with Gasteiger partial charge in [0.2, 0.25) is 0 Å². The minimum Gasteiger partial charge on any atom is -0.489 e. The molecule has 1 fully saturated rings. The molecule has 0 N–H and O–H groups in total. The molecule has 162 valence electrons. The third kappa shape index (κ3) is 5.10. The van der Waals surface area contributed by atoms with Crippen LogP contribution >= 0.6 is 0 Å². The number of rotatable bonds is 8. The fraction of sp³-hybridized carbons (Fsp3) is 0.500. The second-order valence-electron chi connectivity index (χ2n) is 8.52. The molecule has 0 aliphatic carbocycles. The highest BCUT2D eigenvalue weighted by Gasteiger charge is 2.28. The molecule has 1 saturated heterocycles. The van der Waals surface area contributed by atoms with Gasteiger partial charge in [0.25, 0.3) is 0 Å². The molecule has 5 nitrogen and oxygen atoms in total. The summed E-state index contributed by atoms with van der Waals surface area (Å²) in [6, 6.07) is 9.85. The molecule has 1 aromatic heterocycles. The molecule has 1 aliphatic heterocycles. The Balaban J connectivity index is 1.64. The van der Waals surface area contributed by atoms with E-state index in [0.29, 0.717) is 24.5 Å². The van der Waals surface area contributed by atoms with Crippen LogP contribution in [0.15, 0.2) is 36.5 Å². The maximum absolute atomic E-state index is 15.1. The smallest absolute Gasteiger partial charge is 0.188 e. The molecule has 0 saturated carbocycles. The van der Waals surface area contributed by atoms with Crippen LogP contribution in [0, 0.1) is 5.82 Å². The van der Waals surface area contributed by atoms with E-state index < -0.39 is 0 Å². The topological polar surface area (TPSA) is 45.7 Å². The van der Waals surface area contributed by atoms with Crippen molar-refractivity contribution in [1.29, 1.82) is 0 Å². The first-order valence-corrected chi connectivity index (χ1v) is 10.6. The average Bonchev–Trinajstić information content (AvgIpc) is 3.15. The van der Waals surface area contributed by atoms with Gasteiger partial charge < -0.3 is 19.3 Å². The molecule has 1 aliphatic rings. The predicted octanol–water partition coefficient (Wildman–Crippen LogP) is 4.81. The van der Waals surface area contributed by atoms with Gasteiger partial charge in [0.15, 0.2) is 11.6 Å². The van der Waals surface area contributed by atoms with Gasteiger partial charge in [-0.3, -0.25) is 0 Å². The fourth-order valence-corrected chi connectivity index (χ4v) is 3.82. The molecule has 2 aromatic rings. The molecule has 6 heteroatoms. The average molecular weight is 414 g/mol. The molecule has 3 rings (SSSR count). The molecule has 0 spiro atoms. The van der Waals surface area contributed by atoms with Crippen molar-refractivity contribution in [2.45, 2.75) is 58.6 Å². The summed E-state index contributed by atoms with van der Waals surface area (Å²) >= 11 is 0. The molecule has 0 unspecified atom stereocenters. The summed E-state index contributed by atoms with van der Waals surface area (Å²) in [5.41, 5.74) is 1.71. The molecule has 30 heavy (non-hydrogen) atoms. The Kier molecular flexibility index (Phi) is 6.95. The van der Waals surface area contributed by atoms with Gasteiger partial charge in [-0.05, 0) is 50.5 Å². The van der Waals surface area contributed by atoms with Crippen molar-refractivity contribution in [2.24, 2.45) is 0 Å². The number of nitrogens with zero attached hydrogens (tertiary/aromatic N) is 3. The molecular formula is C24H32FN3O2. The SMILES string of the molecule is CC(=O)C[C@@H](C)c1ccc(O[C@@H]2CCN(c3ccnc(N(C)C(C)C)c3F)C2)cc1. The van der Waals surface area contributed by atoms with Gasteiger partial charge in [0.1, 0.15) is 17.6 Å². The molecule has 0 amide bonds. The number of anilines is 2. The van der Waals surface area contributed by atoms with Crippen molar-refractivity contribution in [3.8, 4) is 5.75 Å². The van der Waals surface area contributed by atoms with Gasteiger partial charge in [-0.2, -0.15) is 0 Å². The van der Waals surface area contributed by atoms with Crippen molar-refractivity contribution in [1.82, 2.24) is 4.98 Å². The van der Waals surface area contributed by atoms with Crippen LogP contribution in [0.3, 0.4) is 0 Å². The highest BCUT2D eigenvalue weighted by molar-refractivity contribution is 5.76. The van der Waals surface area contributed by atoms with Gasteiger partial charge in [0, 0.05) is 38.7 Å². The lowest BCUT2D eigenvalue weighted by atomic mass is 9.96. The number of hydrogen-bond donors (Lipinski definition) is 0. The molecule has 2 atom stereocenters. The summed E-state index contributed by atoms with van der Waals surface area (Å²) in [5.74, 6) is 1.29. The first-order chi connectivity index (χ1) is 14.3. The van der Waals surface area contributed by atoms with E-state index in [9.17, 15) is 4.79 Å². The van der Waals surface area contributed by atoms with E-state index in [-0.39, 0.29) is 29.7 Å². The minimum absolute atomic E-state index is 0.00402. The van der Waals surface area contributed by atoms with E-state index in [1.807, 2.05) is 55.0 Å². The van der Waals surface area contributed by atoms with E-state index in [2.05, 4.69) is 11.9 Å². The summed E-state index contributed by atoms with van der Waals surface area (Å²) in [6.07, 6.45) is 3.05. The molecule has 1 aromatic carbocycles. The number of pyridine rings is 1. The summed E-state index contributed by atoms with van der Waals surface area (Å²) in [5, 5.41) is 0. The molecule has 2 heterocycles. The fourth-order valence-electron chi connectivity index (χ4n) is 3.82. The normalized spacial score (nSPS) is 17.3. The van der Waals surface area contributed by atoms with Crippen LogP contribution in [-0.4, -0.2) is 43.1 Å². The van der Waals surface area contributed by atoms with Crippen molar-refractivity contribution in [2.75, 3.05) is 29.9 Å². The predicted molar refractivity (Wildman–Crippen MR) is 119 cm³/mol. The van der Waals surface area contributed by atoms with Gasteiger partial charge >= 0.3 is 0 Å². The Morgan fingerprint density at radius 3 is 2.60 bits per heavy atom. The number of benzene rings is 1. The second kappa shape index (κ2) is 9.45. The maximum atomic E-state index is 15.1. The van der Waals surface area contributed by atoms with Crippen molar-refractivity contribution >= 4 is 17.3 Å². The zero-order valence-electron chi connectivity index (χ0n) is 18.6. The molecular weight excluding hydrogens is 381 g/mol. The van der Waals surface area contributed by atoms with E-state index in [1.54, 1.807) is 19.2 Å². The lowest BCUT2D eigenvalue weighted by Crippen LogP contribution is -2.29. The second-order valence-corrected chi connectivity index (χ2v) is 8.52. The Bertz CT molecular complexity index is 869. The van der Waals surface area contributed by atoms with Crippen LogP contribution in [0.2, 0.25) is 0 Å². The van der Waals surface area contributed by atoms with Gasteiger partial charge in [-0.25, -0.2) is 9.37 Å². The Labute approximate surface area is 178 Å². The molecule has 0 bridgehead atoms. The summed E-state index contributed by atoms with van der Waals surface area (Å²) < 4.78 is 21.2. The Hall–Kier alpha value is -2.63. The lowest BCUT2D eigenvalue weighted by molar-refractivity contribution is -0.117. The van der Waals surface area contributed by atoms with E-state index >= 15 is 4.39 Å². The van der Waals surface area contributed by atoms with E-state index in [1.165, 1.54) is 0 Å². The molecule has 0 radical (unpaired) electrons. The highest BCUT2D eigenvalue weighted by atomic mass is 19.1. The lowest BCUT2D eigenvalue weighted by Gasteiger charge is -2.26. The number of hydrogen-bond acceptors (Lipinski definition) is 5. The minimum atomic E-state index is -0.279. The largest absolute Gasteiger partial charge is 0.489 e. The number of ketones is 1. The van der Waals surface area contributed by atoms with Crippen molar-refractivity contribution in [3.05, 3.63) is 47.9 Å². The first-order valence-electron chi connectivity index (χ1n) is 10.6. The number of carbonyl (C=O) groups excluding carboxylic acids is 1. The van der Waals surface area contributed by atoms with Crippen molar-refractivity contribution in [3.63, 3.8) is 0 Å². The zero-order chi connectivity index (χ0) is 21.8. The highest BCUT2D eigenvalue weighted by Crippen LogP contribution is 2.30. The van der Waals surface area contributed by atoms with Crippen LogP contribution in [0.1, 0.15) is 52.0 Å². The first kappa shape index (κ1) is 22.1. The van der Waals surface area contributed by atoms with Gasteiger partial charge in [-0.1, -0.05) is 19.1 Å². The quantitative estimate of drug-likeness (QED) is 0.622. The third-order valence-electron chi connectivity index (χ3n) is 5.79. The van der Waals surface area contributed by atoms with Crippen molar-refractivity contribution < 1.29 is 13.9 Å². The number of carbonyl (C=O) groups is 1. The van der Waals surface area contributed by atoms with Crippen LogP contribution in [0.5, 0.6) is 5.75 Å². The summed E-state index contributed by atoms with van der Waals surface area (Å²) in [6.45, 7) is 9.08. The Morgan fingerprint density at radius 2 is 1.97 bits per heavy atom. The number of Topliss-reactive ketones (excluding diaryl/α,β-unsaturated/α-hetero) is 1. The third-order valence-corrected chi connectivity index (χ3v) is 5.79. The Morgan fingerprint density at radius 1 is 1.27 bits per heavy atom. The van der Waals surface area contributed by atoms with Crippen LogP contribution < -0.4 is 14.5 Å². The van der Waals surface area contributed by atoms with E-state index in [4.69, 9.17) is 4.74 Å². The maximum Gasteiger partial charge on any atom is 0.188 e.